The second-order valence-electron chi connectivity index (χ2n) is 4.08. The summed E-state index contributed by atoms with van der Waals surface area (Å²) in [6, 6.07) is 1.36. The number of hydrogen-bond acceptors (Lipinski definition) is 3. The average Bonchev–Trinajstić information content (AvgIpc) is 2.31. The highest BCUT2D eigenvalue weighted by atomic mass is 35.5. The van der Waals surface area contributed by atoms with Gasteiger partial charge in [-0.2, -0.15) is 0 Å². The van der Waals surface area contributed by atoms with Gasteiger partial charge in [-0.1, -0.05) is 11.6 Å². The zero-order valence-electron chi connectivity index (χ0n) is 9.51. The number of aliphatic hydroxyl groups excluding tert-OH is 1. The van der Waals surface area contributed by atoms with Crippen molar-refractivity contribution >= 4 is 17.5 Å². The molecule has 0 aliphatic carbocycles. The molecular weight excluding hydrogens is 268 g/mol. The zero-order chi connectivity index (χ0) is 13.9. The molecule has 0 spiro atoms. The molecule has 1 aromatic carbocycles. The average molecular weight is 280 g/mol. The normalized spacial score (nSPS) is 14.1. The summed E-state index contributed by atoms with van der Waals surface area (Å²) in [5.74, 6) is -3.12. The predicted molar refractivity (Wildman–Crippen MR) is 61.4 cm³/mol. The van der Waals surface area contributed by atoms with Crippen molar-refractivity contribution in [2.45, 2.75) is 12.5 Å². The molecule has 0 fully saturated rings. The highest BCUT2D eigenvalue weighted by molar-refractivity contribution is 6.33. The molecule has 0 aliphatic heterocycles. The Morgan fingerprint density at radius 2 is 2.00 bits per heavy atom. The number of rotatable bonds is 4. The molecule has 1 rings (SSSR count). The first-order chi connectivity index (χ1) is 8.26. The van der Waals surface area contributed by atoms with Crippen LogP contribution in [0.25, 0.3) is 0 Å². The second kappa shape index (κ2) is 5.60. The van der Waals surface area contributed by atoms with Crippen LogP contribution in [-0.2, 0) is 0 Å². The van der Waals surface area contributed by atoms with Gasteiger partial charge in [0, 0.05) is 6.54 Å². The van der Waals surface area contributed by atoms with Gasteiger partial charge in [-0.25, -0.2) is 8.78 Å². The van der Waals surface area contributed by atoms with E-state index >= 15 is 0 Å². The van der Waals surface area contributed by atoms with Gasteiger partial charge in [0.2, 0.25) is 0 Å². The summed E-state index contributed by atoms with van der Waals surface area (Å²) in [4.78, 5) is 11.6. The number of aliphatic hydroxyl groups is 2. The van der Waals surface area contributed by atoms with Crippen LogP contribution in [0, 0.1) is 11.6 Å². The minimum Gasteiger partial charge on any atom is -0.393 e. The van der Waals surface area contributed by atoms with Crippen molar-refractivity contribution in [1.29, 1.82) is 0 Å². The molecule has 0 aliphatic rings. The van der Waals surface area contributed by atoms with Crippen LogP contribution in [0.1, 0.15) is 17.3 Å². The minimum absolute atomic E-state index is 0.241. The standard InChI is InChI=1S/C11H12ClF2NO3/c1-11(18,5-16)4-15-10(17)6-2-8(13)9(14)3-7(6)12/h2-3,16,18H,4-5H2,1H3,(H,15,17). The van der Waals surface area contributed by atoms with Crippen LogP contribution in [-0.4, -0.2) is 34.9 Å². The molecule has 4 nitrogen and oxygen atoms in total. The van der Waals surface area contributed by atoms with E-state index in [0.29, 0.717) is 12.1 Å². The van der Waals surface area contributed by atoms with E-state index in [4.69, 9.17) is 16.7 Å². The van der Waals surface area contributed by atoms with Crippen molar-refractivity contribution in [3.05, 3.63) is 34.4 Å². The summed E-state index contributed by atoms with van der Waals surface area (Å²) in [5, 5.41) is 20.2. The van der Waals surface area contributed by atoms with E-state index < -0.39 is 29.7 Å². The Labute approximate surface area is 107 Å². The number of nitrogens with one attached hydrogen (secondary N) is 1. The number of halogens is 3. The monoisotopic (exact) mass is 279 g/mol. The molecule has 1 atom stereocenters. The maximum atomic E-state index is 13.0. The fourth-order valence-electron chi connectivity index (χ4n) is 1.12. The third-order valence-corrected chi connectivity index (χ3v) is 2.54. The largest absolute Gasteiger partial charge is 0.393 e. The summed E-state index contributed by atoms with van der Waals surface area (Å²) in [6.07, 6.45) is 0. The zero-order valence-corrected chi connectivity index (χ0v) is 10.3. The van der Waals surface area contributed by atoms with E-state index in [0.717, 1.165) is 0 Å². The number of amides is 1. The van der Waals surface area contributed by atoms with Crippen LogP contribution in [0.2, 0.25) is 5.02 Å². The summed E-state index contributed by atoms with van der Waals surface area (Å²) < 4.78 is 25.7. The first-order valence-corrected chi connectivity index (χ1v) is 5.40. The Bertz CT molecular complexity index is 466. The lowest BCUT2D eigenvalue weighted by Crippen LogP contribution is -2.43. The summed E-state index contributed by atoms with van der Waals surface area (Å²) >= 11 is 5.60. The topological polar surface area (TPSA) is 69.6 Å². The number of carbonyl (C=O) groups is 1. The molecule has 0 aromatic heterocycles. The van der Waals surface area contributed by atoms with Crippen molar-refractivity contribution in [3.63, 3.8) is 0 Å². The molecule has 0 bridgehead atoms. The first-order valence-electron chi connectivity index (χ1n) is 5.03. The molecule has 0 radical (unpaired) electrons. The number of hydrogen-bond donors (Lipinski definition) is 3. The molecule has 18 heavy (non-hydrogen) atoms. The van der Waals surface area contributed by atoms with Crippen LogP contribution in [0.4, 0.5) is 8.78 Å². The van der Waals surface area contributed by atoms with E-state index in [1.807, 2.05) is 0 Å². The number of benzene rings is 1. The van der Waals surface area contributed by atoms with E-state index in [2.05, 4.69) is 5.32 Å². The lowest BCUT2D eigenvalue weighted by atomic mass is 10.1. The second-order valence-corrected chi connectivity index (χ2v) is 4.49. The van der Waals surface area contributed by atoms with Gasteiger partial charge in [-0.15, -0.1) is 0 Å². The third kappa shape index (κ3) is 3.63. The van der Waals surface area contributed by atoms with Crippen LogP contribution in [0.5, 0.6) is 0 Å². The van der Waals surface area contributed by atoms with Crippen LogP contribution in [0.15, 0.2) is 12.1 Å². The van der Waals surface area contributed by atoms with Gasteiger partial charge in [-0.3, -0.25) is 4.79 Å². The highest BCUT2D eigenvalue weighted by Gasteiger charge is 2.21. The Morgan fingerprint density at radius 3 is 2.56 bits per heavy atom. The summed E-state index contributed by atoms with van der Waals surface area (Å²) in [7, 11) is 0. The first kappa shape index (κ1) is 14.8. The van der Waals surface area contributed by atoms with Gasteiger partial charge in [0.1, 0.15) is 5.60 Å². The van der Waals surface area contributed by atoms with Crippen molar-refractivity contribution in [2.24, 2.45) is 0 Å². The van der Waals surface area contributed by atoms with Gasteiger partial charge < -0.3 is 15.5 Å². The Kier molecular flexibility index (Phi) is 4.61. The van der Waals surface area contributed by atoms with Crippen LogP contribution < -0.4 is 5.32 Å². The Morgan fingerprint density at radius 1 is 1.44 bits per heavy atom. The molecule has 0 saturated carbocycles. The van der Waals surface area contributed by atoms with Gasteiger partial charge in [0.15, 0.2) is 11.6 Å². The molecule has 100 valence electrons. The number of carbonyl (C=O) groups excluding carboxylic acids is 1. The van der Waals surface area contributed by atoms with E-state index in [-0.39, 0.29) is 17.1 Å². The fourth-order valence-corrected chi connectivity index (χ4v) is 1.35. The molecule has 0 heterocycles. The molecule has 7 heteroatoms. The van der Waals surface area contributed by atoms with Crippen molar-refractivity contribution in [1.82, 2.24) is 5.32 Å². The quantitative estimate of drug-likeness (QED) is 0.723. The Balaban J connectivity index is 2.82. The lowest BCUT2D eigenvalue weighted by Gasteiger charge is -2.20. The van der Waals surface area contributed by atoms with Gasteiger partial charge in [0.25, 0.3) is 5.91 Å². The molecular formula is C11H12ClF2NO3. The SMILES string of the molecule is CC(O)(CO)CNC(=O)c1cc(F)c(F)cc1Cl. The summed E-state index contributed by atoms with van der Waals surface area (Å²) in [6.45, 7) is 0.497. The highest BCUT2D eigenvalue weighted by Crippen LogP contribution is 2.20. The minimum atomic E-state index is -1.50. The van der Waals surface area contributed by atoms with Crippen molar-refractivity contribution in [3.8, 4) is 0 Å². The molecule has 1 aromatic rings. The molecule has 1 amide bonds. The molecule has 3 N–H and O–H groups in total. The van der Waals surface area contributed by atoms with Gasteiger partial charge >= 0.3 is 0 Å². The predicted octanol–water partition coefficient (Wildman–Crippen LogP) is 1.09. The maximum absolute atomic E-state index is 13.0. The third-order valence-electron chi connectivity index (χ3n) is 2.22. The Hall–Kier alpha value is -1.24. The summed E-state index contributed by atoms with van der Waals surface area (Å²) in [5.41, 5.74) is -1.75. The molecule has 1 unspecified atom stereocenters. The molecule has 0 saturated heterocycles. The van der Waals surface area contributed by atoms with Crippen molar-refractivity contribution in [2.75, 3.05) is 13.2 Å². The van der Waals surface area contributed by atoms with E-state index in [1.165, 1.54) is 6.92 Å². The van der Waals surface area contributed by atoms with Crippen LogP contribution >= 0.6 is 11.6 Å². The van der Waals surface area contributed by atoms with Crippen LogP contribution in [0.3, 0.4) is 0 Å². The van der Waals surface area contributed by atoms with Crippen molar-refractivity contribution < 1.29 is 23.8 Å². The van der Waals surface area contributed by atoms with Gasteiger partial charge in [0.05, 0.1) is 17.2 Å². The van der Waals surface area contributed by atoms with E-state index in [1.54, 1.807) is 0 Å². The van der Waals surface area contributed by atoms with Gasteiger partial charge in [-0.05, 0) is 19.1 Å². The smallest absolute Gasteiger partial charge is 0.253 e. The lowest BCUT2D eigenvalue weighted by molar-refractivity contribution is 0.00320. The fraction of sp³-hybridized carbons (Fsp3) is 0.364. The van der Waals surface area contributed by atoms with E-state index in [9.17, 15) is 18.7 Å². The maximum Gasteiger partial charge on any atom is 0.253 e.